The van der Waals surface area contributed by atoms with E-state index in [1.54, 1.807) is 6.20 Å². The van der Waals surface area contributed by atoms with Crippen molar-refractivity contribution >= 4 is 46.5 Å². The van der Waals surface area contributed by atoms with Gasteiger partial charge in [-0.25, -0.2) is 4.79 Å². The minimum atomic E-state index is -1.26. The number of carboxylic acids is 1. The number of aromatic amines is 1. The third-order valence-electron chi connectivity index (χ3n) is 6.66. The van der Waals surface area contributed by atoms with Crippen LogP contribution >= 0.6 is 0 Å². The highest BCUT2D eigenvalue weighted by Gasteiger charge is 2.31. The maximum absolute atomic E-state index is 13.3. The number of nitrogens with two attached hydrogens (primary N) is 4. The Morgan fingerprint density at radius 3 is 2.16 bits per heavy atom. The Morgan fingerprint density at radius 1 is 0.907 bits per heavy atom. The number of benzene rings is 1. The van der Waals surface area contributed by atoms with Gasteiger partial charge in [0.05, 0.1) is 6.04 Å². The Balaban J connectivity index is 2.13. The fourth-order valence-electron chi connectivity index (χ4n) is 4.47. The van der Waals surface area contributed by atoms with Crippen LogP contribution in [0.3, 0.4) is 0 Å². The van der Waals surface area contributed by atoms with Crippen molar-refractivity contribution in [2.75, 3.05) is 6.54 Å². The number of fused-ring (bicyclic) bond motifs is 1. The molecule has 0 aliphatic carbocycles. The molecule has 2 aromatic rings. The summed E-state index contributed by atoms with van der Waals surface area (Å²) >= 11 is 0. The zero-order chi connectivity index (χ0) is 32.1. The molecule has 0 radical (unpaired) electrons. The molecule has 2 rings (SSSR count). The number of carbonyl (C=O) groups is 5. The third kappa shape index (κ3) is 11.6. The zero-order valence-electron chi connectivity index (χ0n) is 24.5. The molecule has 13 N–H and O–H groups in total. The fourth-order valence-corrected chi connectivity index (χ4v) is 4.47. The summed E-state index contributed by atoms with van der Waals surface area (Å²) in [7, 11) is 0. The molecule has 1 aromatic heterocycles. The SMILES string of the molecule is CC(C)CC(NC(=O)C(CCC(N)=O)NC(=O)C(N)Cc1c[nH]c2ccccc12)C(=O)NC(CCCN=C(N)N)C(=O)O. The average molecular weight is 602 g/mol. The number of nitrogens with zero attached hydrogens (tertiary/aromatic N) is 1. The zero-order valence-corrected chi connectivity index (χ0v) is 24.5. The van der Waals surface area contributed by atoms with E-state index in [1.807, 2.05) is 38.1 Å². The predicted molar refractivity (Wildman–Crippen MR) is 161 cm³/mol. The topological polar surface area (TPSA) is 274 Å². The molecule has 0 aliphatic rings. The van der Waals surface area contributed by atoms with Gasteiger partial charge in [-0.3, -0.25) is 24.2 Å². The number of hydrogen-bond donors (Lipinski definition) is 9. The first kappa shape index (κ1) is 34.5. The van der Waals surface area contributed by atoms with Gasteiger partial charge in [-0.05, 0) is 49.7 Å². The van der Waals surface area contributed by atoms with Gasteiger partial charge in [0, 0.05) is 30.1 Å². The summed E-state index contributed by atoms with van der Waals surface area (Å²) in [6.45, 7) is 3.83. The number of carbonyl (C=O) groups excluding carboxylic acids is 4. The molecule has 15 nitrogen and oxygen atoms in total. The van der Waals surface area contributed by atoms with Gasteiger partial charge in [0.2, 0.25) is 23.6 Å². The van der Waals surface area contributed by atoms with E-state index in [9.17, 15) is 29.1 Å². The van der Waals surface area contributed by atoms with Crippen LogP contribution in [-0.2, 0) is 30.4 Å². The Labute approximate surface area is 249 Å². The summed E-state index contributed by atoms with van der Waals surface area (Å²) in [5.41, 5.74) is 23.7. The summed E-state index contributed by atoms with van der Waals surface area (Å²) in [5.74, 6) is -4.23. The molecular weight excluding hydrogens is 558 g/mol. The minimum Gasteiger partial charge on any atom is -0.480 e. The van der Waals surface area contributed by atoms with Crippen molar-refractivity contribution in [3.63, 3.8) is 0 Å². The summed E-state index contributed by atoms with van der Waals surface area (Å²) < 4.78 is 0. The van der Waals surface area contributed by atoms with Gasteiger partial charge in [-0.15, -0.1) is 0 Å². The van der Waals surface area contributed by atoms with Gasteiger partial charge in [-0.2, -0.15) is 0 Å². The summed E-state index contributed by atoms with van der Waals surface area (Å²) in [5, 5.41) is 18.1. The van der Waals surface area contributed by atoms with Gasteiger partial charge >= 0.3 is 5.97 Å². The second kappa shape index (κ2) is 16.7. The monoisotopic (exact) mass is 601 g/mol. The third-order valence-corrected chi connectivity index (χ3v) is 6.66. The Morgan fingerprint density at radius 2 is 1.53 bits per heavy atom. The fraction of sp³-hybridized carbons (Fsp3) is 0.500. The van der Waals surface area contributed by atoms with Crippen molar-refractivity contribution in [1.29, 1.82) is 0 Å². The van der Waals surface area contributed by atoms with E-state index >= 15 is 0 Å². The van der Waals surface area contributed by atoms with Gasteiger partial charge in [0.15, 0.2) is 5.96 Å². The number of H-pyrrole nitrogens is 1. The molecule has 236 valence electrons. The number of aliphatic imine (C=N–C) groups is 1. The highest BCUT2D eigenvalue weighted by molar-refractivity contribution is 5.94. The maximum Gasteiger partial charge on any atom is 0.326 e. The van der Waals surface area contributed by atoms with E-state index in [1.165, 1.54) is 0 Å². The maximum atomic E-state index is 13.3. The molecule has 0 spiro atoms. The van der Waals surface area contributed by atoms with Crippen molar-refractivity contribution in [3.05, 3.63) is 36.0 Å². The number of para-hydroxylation sites is 1. The number of nitrogens with one attached hydrogen (secondary N) is 4. The highest BCUT2D eigenvalue weighted by atomic mass is 16.4. The van der Waals surface area contributed by atoms with Crippen molar-refractivity contribution in [2.45, 2.75) is 76.5 Å². The lowest BCUT2D eigenvalue weighted by molar-refractivity contribution is -0.142. The van der Waals surface area contributed by atoms with Crippen LogP contribution < -0.4 is 38.9 Å². The lowest BCUT2D eigenvalue weighted by Gasteiger charge is -2.26. The number of primary amides is 1. The molecule has 0 bridgehead atoms. The molecule has 0 saturated carbocycles. The second-order valence-electron chi connectivity index (χ2n) is 10.8. The van der Waals surface area contributed by atoms with Crippen LogP contribution in [0, 0.1) is 5.92 Å². The highest BCUT2D eigenvalue weighted by Crippen LogP contribution is 2.19. The van der Waals surface area contributed by atoms with Crippen LogP contribution in [0.25, 0.3) is 10.9 Å². The van der Waals surface area contributed by atoms with Crippen LogP contribution in [0.2, 0.25) is 0 Å². The molecule has 1 heterocycles. The number of amides is 4. The van der Waals surface area contributed by atoms with Gasteiger partial charge in [0.1, 0.15) is 18.1 Å². The molecular formula is C28H43N9O6. The summed E-state index contributed by atoms with van der Waals surface area (Å²) in [6, 6.07) is 2.91. The Hall–Kier alpha value is -4.66. The van der Waals surface area contributed by atoms with E-state index in [4.69, 9.17) is 22.9 Å². The van der Waals surface area contributed by atoms with Gasteiger partial charge < -0.3 is 49.0 Å². The summed E-state index contributed by atoms with van der Waals surface area (Å²) in [6.07, 6.45) is 2.10. The van der Waals surface area contributed by atoms with Crippen molar-refractivity contribution in [1.82, 2.24) is 20.9 Å². The lowest BCUT2D eigenvalue weighted by Crippen LogP contribution is -2.57. The van der Waals surface area contributed by atoms with E-state index in [2.05, 4.69) is 25.9 Å². The molecule has 0 fully saturated rings. The van der Waals surface area contributed by atoms with Gasteiger partial charge in [-0.1, -0.05) is 32.0 Å². The smallest absolute Gasteiger partial charge is 0.326 e. The first-order chi connectivity index (χ1) is 20.3. The second-order valence-corrected chi connectivity index (χ2v) is 10.8. The van der Waals surface area contributed by atoms with Crippen LogP contribution in [0.1, 0.15) is 51.5 Å². The Kier molecular flexibility index (Phi) is 13.4. The minimum absolute atomic E-state index is 0.0474. The number of aliphatic carboxylic acids is 1. The lowest BCUT2D eigenvalue weighted by atomic mass is 10.0. The molecule has 4 atom stereocenters. The quantitative estimate of drug-likeness (QED) is 0.0571. The average Bonchev–Trinajstić information content (AvgIpc) is 3.33. The largest absolute Gasteiger partial charge is 0.480 e. The molecule has 4 amide bonds. The molecule has 0 saturated heterocycles. The Bertz CT molecular complexity index is 1300. The number of guanidine groups is 1. The van der Waals surface area contributed by atoms with Gasteiger partial charge in [0.25, 0.3) is 0 Å². The van der Waals surface area contributed by atoms with E-state index in [0.717, 1.165) is 16.5 Å². The van der Waals surface area contributed by atoms with Crippen LogP contribution in [0.4, 0.5) is 0 Å². The molecule has 1 aromatic carbocycles. The van der Waals surface area contributed by atoms with Crippen LogP contribution in [-0.4, -0.2) is 76.4 Å². The van der Waals surface area contributed by atoms with E-state index in [-0.39, 0.29) is 56.9 Å². The summed E-state index contributed by atoms with van der Waals surface area (Å²) in [4.78, 5) is 69.7. The molecule has 0 aliphatic heterocycles. The first-order valence-electron chi connectivity index (χ1n) is 14.1. The number of hydrogen-bond acceptors (Lipinski definition) is 7. The van der Waals surface area contributed by atoms with E-state index in [0.29, 0.717) is 0 Å². The predicted octanol–water partition coefficient (Wildman–Crippen LogP) is -1.06. The normalized spacial score (nSPS) is 13.9. The van der Waals surface area contributed by atoms with Crippen molar-refractivity contribution in [3.8, 4) is 0 Å². The standard InChI is InChI=1S/C28H43N9O6/c1-15(2)12-22(26(41)36-21(27(42)43)8-5-11-33-28(31)32)37-25(40)20(9-10-23(30)38)35-24(39)18(29)13-16-14-34-19-7-4-3-6-17(16)19/h3-4,6-7,14-15,18,20-22,34H,5,8-13,29H2,1-2H3,(H2,30,38)(H,35,39)(H,36,41)(H,37,40)(H,42,43)(H4,31,32,33). The molecule has 43 heavy (non-hydrogen) atoms. The number of aromatic nitrogens is 1. The van der Waals surface area contributed by atoms with Crippen LogP contribution in [0.15, 0.2) is 35.5 Å². The number of carboxylic acid groups (broad SMARTS) is 1. The molecule has 4 unspecified atom stereocenters. The van der Waals surface area contributed by atoms with Crippen LogP contribution in [0.5, 0.6) is 0 Å². The molecule has 15 heteroatoms. The first-order valence-corrected chi connectivity index (χ1v) is 14.1. The van der Waals surface area contributed by atoms with E-state index < -0.39 is 53.8 Å². The van der Waals surface area contributed by atoms with Crippen molar-refractivity contribution < 1.29 is 29.1 Å². The number of rotatable bonds is 18. The van der Waals surface area contributed by atoms with Crippen molar-refractivity contribution in [2.24, 2.45) is 33.8 Å².